The van der Waals surface area contributed by atoms with Crippen LogP contribution < -0.4 is 5.32 Å². The summed E-state index contributed by atoms with van der Waals surface area (Å²) in [6.07, 6.45) is 5.31. The fourth-order valence-corrected chi connectivity index (χ4v) is 2.27. The van der Waals surface area contributed by atoms with Crippen molar-refractivity contribution in [2.24, 2.45) is 5.92 Å². The molecule has 0 aliphatic heterocycles. The number of aromatic nitrogens is 2. The van der Waals surface area contributed by atoms with Crippen molar-refractivity contribution in [3.05, 3.63) is 16.6 Å². The Bertz CT molecular complexity index is 385. The second kappa shape index (κ2) is 4.97. The van der Waals surface area contributed by atoms with Gasteiger partial charge in [0.05, 0.1) is 0 Å². The summed E-state index contributed by atoms with van der Waals surface area (Å²) in [5.41, 5.74) is 0.308. The summed E-state index contributed by atoms with van der Waals surface area (Å²) in [6, 6.07) is 0. The lowest BCUT2D eigenvalue weighted by molar-refractivity contribution is -0.119. The van der Waals surface area contributed by atoms with Crippen LogP contribution in [-0.2, 0) is 4.79 Å². The van der Waals surface area contributed by atoms with Crippen molar-refractivity contribution in [1.29, 1.82) is 0 Å². The highest BCUT2D eigenvalue weighted by molar-refractivity contribution is 6.38. The minimum atomic E-state index is -0.0453. The maximum absolute atomic E-state index is 11.8. The molecule has 16 heavy (non-hydrogen) atoms. The largest absolute Gasteiger partial charge is 0.321 e. The zero-order valence-electron chi connectivity index (χ0n) is 8.54. The molecule has 6 heteroatoms. The summed E-state index contributed by atoms with van der Waals surface area (Å²) in [7, 11) is 0. The first-order valence-electron chi connectivity index (χ1n) is 5.15. The first kappa shape index (κ1) is 11.6. The van der Waals surface area contributed by atoms with Gasteiger partial charge in [-0.05, 0) is 12.8 Å². The Balaban J connectivity index is 2.11. The van der Waals surface area contributed by atoms with Gasteiger partial charge in [0, 0.05) is 5.92 Å². The number of rotatable bonds is 2. The number of halogens is 2. The number of amides is 1. The first-order chi connectivity index (χ1) is 7.68. The number of carbonyl (C=O) groups is 1. The number of nitrogens with one attached hydrogen (secondary N) is 1. The Morgan fingerprint density at radius 2 is 1.81 bits per heavy atom. The van der Waals surface area contributed by atoms with Crippen LogP contribution in [-0.4, -0.2) is 15.9 Å². The van der Waals surface area contributed by atoms with Gasteiger partial charge in [-0.15, -0.1) is 0 Å². The Morgan fingerprint density at radius 1 is 1.25 bits per heavy atom. The summed E-state index contributed by atoms with van der Waals surface area (Å²) in [5.74, 6) is 0.0171. The quantitative estimate of drug-likeness (QED) is 0.832. The van der Waals surface area contributed by atoms with Crippen molar-refractivity contribution in [2.45, 2.75) is 25.7 Å². The van der Waals surface area contributed by atoms with Gasteiger partial charge in [0.2, 0.25) is 5.91 Å². The van der Waals surface area contributed by atoms with Crippen molar-refractivity contribution in [1.82, 2.24) is 9.97 Å². The maximum Gasteiger partial charge on any atom is 0.227 e. The molecular weight excluding hydrogens is 249 g/mol. The minimum Gasteiger partial charge on any atom is -0.321 e. The third kappa shape index (κ3) is 2.44. The molecule has 1 saturated carbocycles. The molecule has 1 aliphatic rings. The van der Waals surface area contributed by atoms with Crippen LogP contribution in [0.25, 0.3) is 0 Å². The van der Waals surface area contributed by atoms with Crippen LogP contribution in [0.15, 0.2) is 6.33 Å². The summed E-state index contributed by atoms with van der Waals surface area (Å²) in [4.78, 5) is 19.4. The molecule has 0 spiro atoms. The third-order valence-electron chi connectivity index (χ3n) is 2.73. The van der Waals surface area contributed by atoms with E-state index in [9.17, 15) is 4.79 Å². The molecule has 1 amide bonds. The molecule has 1 aliphatic carbocycles. The number of hydrogen-bond donors (Lipinski definition) is 1. The van der Waals surface area contributed by atoms with Gasteiger partial charge in [0.15, 0.2) is 10.3 Å². The molecule has 0 radical (unpaired) electrons. The SMILES string of the molecule is O=C(Nc1c(Cl)ncnc1Cl)C1CCCC1. The predicted molar refractivity (Wildman–Crippen MR) is 62.6 cm³/mol. The highest BCUT2D eigenvalue weighted by Gasteiger charge is 2.24. The molecule has 2 rings (SSSR count). The fourth-order valence-electron chi connectivity index (χ4n) is 1.86. The van der Waals surface area contributed by atoms with Crippen LogP contribution in [0.2, 0.25) is 10.3 Å². The van der Waals surface area contributed by atoms with Crippen LogP contribution in [0, 0.1) is 5.92 Å². The molecule has 1 aromatic heterocycles. The van der Waals surface area contributed by atoms with Crippen LogP contribution in [0.1, 0.15) is 25.7 Å². The Kier molecular flexibility index (Phi) is 3.61. The normalized spacial score (nSPS) is 16.4. The van der Waals surface area contributed by atoms with Gasteiger partial charge in [-0.3, -0.25) is 4.79 Å². The van der Waals surface area contributed by atoms with Gasteiger partial charge in [0.1, 0.15) is 12.0 Å². The summed E-state index contributed by atoms with van der Waals surface area (Å²) in [6.45, 7) is 0. The highest BCUT2D eigenvalue weighted by atomic mass is 35.5. The minimum absolute atomic E-state index is 0.0453. The smallest absolute Gasteiger partial charge is 0.227 e. The van der Waals surface area contributed by atoms with Gasteiger partial charge in [0.25, 0.3) is 0 Å². The Morgan fingerprint density at radius 3 is 2.38 bits per heavy atom. The van der Waals surface area contributed by atoms with Crippen LogP contribution in [0.5, 0.6) is 0 Å². The molecule has 4 nitrogen and oxygen atoms in total. The number of anilines is 1. The van der Waals surface area contributed by atoms with E-state index in [1.807, 2.05) is 0 Å². The average molecular weight is 260 g/mol. The summed E-state index contributed by atoms with van der Waals surface area (Å²) < 4.78 is 0. The zero-order valence-corrected chi connectivity index (χ0v) is 10.1. The molecule has 86 valence electrons. The van der Waals surface area contributed by atoms with Gasteiger partial charge in [-0.2, -0.15) is 0 Å². The first-order valence-corrected chi connectivity index (χ1v) is 5.91. The lowest BCUT2D eigenvalue weighted by Crippen LogP contribution is -2.21. The molecule has 0 unspecified atom stereocenters. The fraction of sp³-hybridized carbons (Fsp3) is 0.500. The zero-order chi connectivity index (χ0) is 11.5. The van der Waals surface area contributed by atoms with E-state index in [-0.39, 0.29) is 22.1 Å². The van der Waals surface area contributed by atoms with E-state index < -0.39 is 0 Å². The van der Waals surface area contributed by atoms with Crippen LogP contribution in [0.4, 0.5) is 5.69 Å². The van der Waals surface area contributed by atoms with Gasteiger partial charge >= 0.3 is 0 Å². The number of carbonyl (C=O) groups excluding carboxylic acids is 1. The second-order valence-electron chi connectivity index (χ2n) is 3.80. The second-order valence-corrected chi connectivity index (χ2v) is 4.52. The van der Waals surface area contributed by atoms with Crippen molar-refractivity contribution in [3.63, 3.8) is 0 Å². The predicted octanol–water partition coefficient (Wildman–Crippen LogP) is 2.91. The van der Waals surface area contributed by atoms with Crippen molar-refractivity contribution >= 4 is 34.8 Å². The summed E-state index contributed by atoms with van der Waals surface area (Å²) in [5, 5.41) is 3.04. The van der Waals surface area contributed by atoms with Crippen LogP contribution >= 0.6 is 23.2 Å². The van der Waals surface area contributed by atoms with E-state index in [0.29, 0.717) is 5.69 Å². The van der Waals surface area contributed by atoms with E-state index in [1.165, 1.54) is 6.33 Å². The maximum atomic E-state index is 11.8. The Hall–Kier alpha value is -0.870. The molecule has 0 aromatic carbocycles. The van der Waals surface area contributed by atoms with E-state index in [4.69, 9.17) is 23.2 Å². The standard InChI is InChI=1S/C10H11Cl2N3O/c11-8-7(9(12)14-5-13-8)15-10(16)6-3-1-2-4-6/h5-6H,1-4H2,(H,15,16). The lowest BCUT2D eigenvalue weighted by Gasteiger charge is -2.11. The topological polar surface area (TPSA) is 54.9 Å². The molecule has 0 bridgehead atoms. The van der Waals surface area contributed by atoms with Gasteiger partial charge < -0.3 is 5.32 Å². The molecule has 0 saturated heterocycles. The van der Waals surface area contributed by atoms with Crippen LogP contribution in [0.3, 0.4) is 0 Å². The molecular formula is C10H11Cl2N3O. The number of hydrogen-bond acceptors (Lipinski definition) is 3. The monoisotopic (exact) mass is 259 g/mol. The van der Waals surface area contributed by atoms with E-state index in [0.717, 1.165) is 25.7 Å². The molecule has 1 heterocycles. The van der Waals surface area contributed by atoms with E-state index in [2.05, 4.69) is 15.3 Å². The van der Waals surface area contributed by atoms with Crippen molar-refractivity contribution < 1.29 is 4.79 Å². The molecule has 1 N–H and O–H groups in total. The van der Waals surface area contributed by atoms with Crippen molar-refractivity contribution in [3.8, 4) is 0 Å². The van der Waals surface area contributed by atoms with Crippen molar-refractivity contribution in [2.75, 3.05) is 5.32 Å². The number of nitrogens with zero attached hydrogens (tertiary/aromatic N) is 2. The van der Waals surface area contributed by atoms with Gasteiger partial charge in [-0.25, -0.2) is 9.97 Å². The molecule has 1 fully saturated rings. The van der Waals surface area contributed by atoms with E-state index >= 15 is 0 Å². The van der Waals surface area contributed by atoms with Gasteiger partial charge in [-0.1, -0.05) is 36.0 Å². The molecule has 0 atom stereocenters. The highest BCUT2D eigenvalue weighted by Crippen LogP contribution is 2.29. The molecule has 1 aromatic rings. The third-order valence-corrected chi connectivity index (χ3v) is 3.30. The summed E-state index contributed by atoms with van der Waals surface area (Å²) >= 11 is 11.7. The Labute approximate surface area is 103 Å². The lowest BCUT2D eigenvalue weighted by atomic mass is 10.1. The average Bonchev–Trinajstić information content (AvgIpc) is 2.76. The van der Waals surface area contributed by atoms with E-state index in [1.54, 1.807) is 0 Å².